The lowest BCUT2D eigenvalue weighted by atomic mass is 10.1. The lowest BCUT2D eigenvalue weighted by molar-refractivity contribution is 0.0950. The number of para-hydroxylation sites is 1. The number of hydrogen-bond donors (Lipinski definition) is 1. The van der Waals surface area contributed by atoms with Crippen LogP contribution in [0.2, 0.25) is 0 Å². The number of ether oxygens (including phenoxy) is 1. The molecular formula is C22H22N2O4S2. The highest BCUT2D eigenvalue weighted by molar-refractivity contribution is 7.89. The van der Waals surface area contributed by atoms with Crippen LogP contribution in [0.5, 0.6) is 5.75 Å². The van der Waals surface area contributed by atoms with Crippen LogP contribution in [0.3, 0.4) is 0 Å². The summed E-state index contributed by atoms with van der Waals surface area (Å²) in [4.78, 5) is 14.0. The summed E-state index contributed by atoms with van der Waals surface area (Å²) >= 11 is 1.66. The van der Waals surface area contributed by atoms with Gasteiger partial charge in [-0.25, -0.2) is 8.42 Å². The Balaban J connectivity index is 1.50. The molecule has 8 heteroatoms. The SMILES string of the molecule is COc1ccccc1CNC(=O)c1cccc(S(=O)(=O)N2CCc3sccc3C2)c1. The van der Waals surface area contributed by atoms with Crippen LogP contribution >= 0.6 is 11.3 Å². The average Bonchev–Trinajstić information content (AvgIpc) is 3.25. The predicted octanol–water partition coefficient (Wildman–Crippen LogP) is 3.43. The summed E-state index contributed by atoms with van der Waals surface area (Å²) in [6.07, 6.45) is 0.714. The highest BCUT2D eigenvalue weighted by atomic mass is 32.2. The van der Waals surface area contributed by atoms with E-state index in [1.807, 2.05) is 35.7 Å². The van der Waals surface area contributed by atoms with Crippen molar-refractivity contribution in [3.8, 4) is 5.75 Å². The Labute approximate surface area is 180 Å². The molecule has 0 saturated carbocycles. The summed E-state index contributed by atoms with van der Waals surface area (Å²) in [5, 5.41) is 4.83. The average molecular weight is 443 g/mol. The molecule has 30 heavy (non-hydrogen) atoms. The molecule has 0 spiro atoms. The number of hydrogen-bond acceptors (Lipinski definition) is 5. The third-order valence-corrected chi connectivity index (χ3v) is 8.00. The fourth-order valence-corrected chi connectivity index (χ4v) is 5.86. The number of methoxy groups -OCH3 is 1. The molecule has 0 aliphatic carbocycles. The molecule has 0 bridgehead atoms. The number of carbonyl (C=O) groups excluding carboxylic acids is 1. The first-order valence-electron chi connectivity index (χ1n) is 9.54. The molecule has 0 atom stereocenters. The van der Waals surface area contributed by atoms with E-state index in [4.69, 9.17) is 4.74 Å². The summed E-state index contributed by atoms with van der Waals surface area (Å²) in [5.41, 5.74) is 2.21. The molecule has 0 radical (unpaired) electrons. The number of benzene rings is 2. The fourth-order valence-electron chi connectivity index (χ4n) is 3.50. The molecule has 0 fully saturated rings. The van der Waals surface area contributed by atoms with Gasteiger partial charge >= 0.3 is 0 Å². The molecule has 1 aliphatic heterocycles. The molecule has 1 amide bonds. The number of carbonyl (C=O) groups is 1. The normalized spacial score (nSPS) is 14.2. The van der Waals surface area contributed by atoms with Crippen molar-refractivity contribution in [3.63, 3.8) is 0 Å². The van der Waals surface area contributed by atoms with E-state index in [9.17, 15) is 13.2 Å². The second-order valence-corrected chi connectivity index (χ2v) is 9.92. The number of nitrogens with one attached hydrogen (secondary N) is 1. The Hall–Kier alpha value is -2.68. The fraction of sp³-hybridized carbons (Fsp3) is 0.227. The molecule has 1 N–H and O–H groups in total. The highest BCUT2D eigenvalue weighted by Crippen LogP contribution is 2.28. The van der Waals surface area contributed by atoms with Gasteiger partial charge in [-0.1, -0.05) is 24.3 Å². The lowest BCUT2D eigenvalue weighted by Crippen LogP contribution is -2.35. The molecule has 3 aromatic rings. The summed E-state index contributed by atoms with van der Waals surface area (Å²) in [5.74, 6) is 0.351. The maximum atomic E-state index is 13.1. The van der Waals surface area contributed by atoms with Crippen molar-refractivity contribution in [1.82, 2.24) is 9.62 Å². The number of nitrogens with zero attached hydrogens (tertiary/aromatic N) is 1. The number of thiophene rings is 1. The van der Waals surface area contributed by atoms with Gasteiger partial charge in [-0.05, 0) is 47.7 Å². The number of amides is 1. The van der Waals surface area contributed by atoms with Gasteiger partial charge in [0.25, 0.3) is 5.91 Å². The molecule has 1 aliphatic rings. The Kier molecular flexibility index (Phi) is 5.90. The van der Waals surface area contributed by atoms with Gasteiger partial charge in [0.2, 0.25) is 10.0 Å². The first-order chi connectivity index (χ1) is 14.5. The molecule has 2 heterocycles. The van der Waals surface area contributed by atoms with Crippen LogP contribution in [-0.2, 0) is 29.5 Å². The minimum atomic E-state index is -3.68. The van der Waals surface area contributed by atoms with Gasteiger partial charge in [0.15, 0.2) is 0 Å². The van der Waals surface area contributed by atoms with E-state index in [2.05, 4.69) is 5.32 Å². The smallest absolute Gasteiger partial charge is 0.251 e. The van der Waals surface area contributed by atoms with Gasteiger partial charge in [0.05, 0.1) is 12.0 Å². The van der Waals surface area contributed by atoms with E-state index in [-0.39, 0.29) is 17.3 Å². The molecule has 1 aromatic heterocycles. The number of sulfonamides is 1. The van der Waals surface area contributed by atoms with Crippen molar-refractivity contribution in [1.29, 1.82) is 0 Å². The largest absolute Gasteiger partial charge is 0.496 e. The minimum absolute atomic E-state index is 0.131. The van der Waals surface area contributed by atoms with Gasteiger partial charge in [0, 0.05) is 35.6 Å². The van der Waals surface area contributed by atoms with Crippen LogP contribution < -0.4 is 10.1 Å². The monoisotopic (exact) mass is 442 g/mol. The number of fused-ring (bicyclic) bond motifs is 1. The van der Waals surface area contributed by atoms with Crippen LogP contribution in [0, 0.1) is 0 Å². The zero-order valence-corrected chi connectivity index (χ0v) is 18.1. The van der Waals surface area contributed by atoms with Crippen molar-refractivity contribution < 1.29 is 17.9 Å². The Morgan fingerprint density at radius 3 is 2.83 bits per heavy atom. The van der Waals surface area contributed by atoms with Gasteiger partial charge in [-0.2, -0.15) is 4.31 Å². The van der Waals surface area contributed by atoms with Crippen molar-refractivity contribution >= 4 is 27.3 Å². The van der Waals surface area contributed by atoms with Crippen LogP contribution in [-0.4, -0.2) is 32.3 Å². The zero-order valence-electron chi connectivity index (χ0n) is 16.5. The third-order valence-electron chi connectivity index (χ3n) is 5.14. The van der Waals surface area contributed by atoms with E-state index in [1.54, 1.807) is 30.6 Å². The second-order valence-electron chi connectivity index (χ2n) is 6.98. The van der Waals surface area contributed by atoms with E-state index in [0.29, 0.717) is 30.8 Å². The van der Waals surface area contributed by atoms with Crippen LogP contribution in [0.15, 0.2) is 64.9 Å². The molecule has 2 aromatic carbocycles. The van der Waals surface area contributed by atoms with Gasteiger partial charge in [-0.15, -0.1) is 11.3 Å². The van der Waals surface area contributed by atoms with Crippen molar-refractivity contribution in [2.45, 2.75) is 24.4 Å². The standard InChI is InChI=1S/C22H22N2O4S2/c1-28-20-8-3-2-5-17(20)14-23-22(25)16-6-4-7-19(13-16)30(26,27)24-11-9-21-18(15-24)10-12-29-21/h2-8,10,12-13H,9,11,14-15H2,1H3,(H,23,25). The van der Waals surface area contributed by atoms with Crippen LogP contribution in [0.25, 0.3) is 0 Å². The highest BCUT2D eigenvalue weighted by Gasteiger charge is 2.29. The van der Waals surface area contributed by atoms with Gasteiger partial charge < -0.3 is 10.1 Å². The van der Waals surface area contributed by atoms with Crippen molar-refractivity contribution in [2.75, 3.05) is 13.7 Å². The molecule has 156 valence electrons. The van der Waals surface area contributed by atoms with Crippen molar-refractivity contribution in [2.24, 2.45) is 0 Å². The lowest BCUT2D eigenvalue weighted by Gasteiger charge is -2.26. The molecular weight excluding hydrogens is 420 g/mol. The summed E-state index contributed by atoms with van der Waals surface area (Å²) in [7, 11) is -2.10. The first-order valence-corrected chi connectivity index (χ1v) is 11.9. The Morgan fingerprint density at radius 1 is 1.17 bits per heavy atom. The molecule has 6 nitrogen and oxygen atoms in total. The van der Waals surface area contributed by atoms with E-state index >= 15 is 0 Å². The third kappa shape index (κ3) is 4.12. The van der Waals surface area contributed by atoms with Gasteiger partial charge in [0.1, 0.15) is 5.75 Å². The van der Waals surface area contributed by atoms with E-state index < -0.39 is 10.0 Å². The zero-order chi connectivity index (χ0) is 21.1. The molecule has 0 saturated heterocycles. The second kappa shape index (κ2) is 8.59. The van der Waals surface area contributed by atoms with Crippen LogP contribution in [0.4, 0.5) is 0 Å². The summed E-state index contributed by atoms with van der Waals surface area (Å²) < 4.78 is 33.1. The summed E-state index contributed by atoms with van der Waals surface area (Å²) in [6, 6.07) is 15.6. The van der Waals surface area contributed by atoms with E-state index in [0.717, 1.165) is 11.1 Å². The summed E-state index contributed by atoms with van der Waals surface area (Å²) in [6.45, 7) is 1.10. The quantitative estimate of drug-likeness (QED) is 0.635. The molecule has 4 rings (SSSR count). The first kappa shape index (κ1) is 20.6. The van der Waals surface area contributed by atoms with Gasteiger partial charge in [-0.3, -0.25) is 4.79 Å². The number of rotatable bonds is 6. The maximum Gasteiger partial charge on any atom is 0.251 e. The van der Waals surface area contributed by atoms with Crippen molar-refractivity contribution in [3.05, 3.63) is 81.5 Å². The topological polar surface area (TPSA) is 75.7 Å². The molecule has 0 unspecified atom stereocenters. The maximum absolute atomic E-state index is 13.1. The predicted molar refractivity (Wildman–Crippen MR) is 116 cm³/mol. The minimum Gasteiger partial charge on any atom is -0.496 e. The van der Waals surface area contributed by atoms with Crippen LogP contribution in [0.1, 0.15) is 26.4 Å². The van der Waals surface area contributed by atoms with E-state index in [1.165, 1.54) is 21.3 Å². The Bertz CT molecular complexity index is 1170. The Morgan fingerprint density at radius 2 is 2.00 bits per heavy atom.